The summed E-state index contributed by atoms with van der Waals surface area (Å²) in [7, 11) is 3.21. The van der Waals surface area contributed by atoms with Crippen LogP contribution in [-0.4, -0.2) is 63.4 Å². The van der Waals surface area contributed by atoms with Gasteiger partial charge < -0.3 is 19.2 Å². The molecular formula is C28H34N6O5. The molecule has 39 heavy (non-hydrogen) atoms. The molecule has 0 aliphatic rings. The number of carbonyl (C=O) groups excluding carboxylic acids is 1. The number of aromatic amines is 1. The Morgan fingerprint density at radius 2 is 1.79 bits per heavy atom. The van der Waals surface area contributed by atoms with Gasteiger partial charge in [-0.1, -0.05) is 18.2 Å². The van der Waals surface area contributed by atoms with Gasteiger partial charge in [0.25, 0.3) is 5.56 Å². The molecule has 4 aromatic rings. The number of hydrogen-bond donors (Lipinski definition) is 1. The van der Waals surface area contributed by atoms with Gasteiger partial charge in [-0.3, -0.25) is 14.5 Å². The first kappa shape index (κ1) is 27.8. The molecule has 11 nitrogen and oxygen atoms in total. The lowest BCUT2D eigenvalue weighted by molar-refractivity contribution is -0.144. The molecule has 2 aromatic carbocycles. The molecular weight excluding hydrogens is 500 g/mol. The van der Waals surface area contributed by atoms with Crippen LogP contribution >= 0.6 is 0 Å². The number of tetrazole rings is 1. The highest BCUT2D eigenvalue weighted by Gasteiger charge is 2.18. The summed E-state index contributed by atoms with van der Waals surface area (Å²) in [5, 5.41) is 12.9. The monoisotopic (exact) mass is 534 g/mol. The molecule has 206 valence electrons. The fraction of sp³-hybridized carbons (Fsp3) is 0.393. The molecule has 0 fully saturated rings. The molecule has 2 heterocycles. The fourth-order valence-electron chi connectivity index (χ4n) is 4.50. The zero-order valence-electron chi connectivity index (χ0n) is 23.0. The normalized spacial score (nSPS) is 11.2. The van der Waals surface area contributed by atoms with Crippen molar-refractivity contribution in [1.29, 1.82) is 0 Å². The number of fused-ring (bicyclic) bond motifs is 1. The van der Waals surface area contributed by atoms with E-state index in [0.717, 1.165) is 27.6 Å². The van der Waals surface area contributed by atoms with Crippen molar-refractivity contribution in [1.82, 2.24) is 30.1 Å². The molecule has 0 saturated carbocycles. The molecule has 0 aliphatic heterocycles. The van der Waals surface area contributed by atoms with E-state index in [2.05, 4.69) is 31.5 Å². The summed E-state index contributed by atoms with van der Waals surface area (Å²) in [6.07, 6.45) is 0.670. The summed E-state index contributed by atoms with van der Waals surface area (Å²) in [6, 6.07) is 11.8. The van der Waals surface area contributed by atoms with Crippen molar-refractivity contribution in [2.45, 2.75) is 46.8 Å². The second-order valence-electron chi connectivity index (χ2n) is 9.32. The van der Waals surface area contributed by atoms with Gasteiger partial charge in [0.1, 0.15) is 6.54 Å². The number of rotatable bonds is 12. The van der Waals surface area contributed by atoms with Crippen molar-refractivity contribution < 1.29 is 19.0 Å². The minimum Gasteiger partial charge on any atom is -0.493 e. The van der Waals surface area contributed by atoms with Crippen molar-refractivity contribution >= 4 is 16.9 Å². The number of nitrogens with one attached hydrogen (secondary N) is 1. The van der Waals surface area contributed by atoms with Crippen LogP contribution in [0, 0.1) is 13.8 Å². The molecule has 0 radical (unpaired) electrons. The zero-order chi connectivity index (χ0) is 27.9. The van der Waals surface area contributed by atoms with E-state index in [1.807, 2.05) is 44.2 Å². The Bertz CT molecular complexity index is 1510. The first-order valence-corrected chi connectivity index (χ1v) is 12.8. The predicted molar refractivity (Wildman–Crippen MR) is 146 cm³/mol. The van der Waals surface area contributed by atoms with Gasteiger partial charge in [0, 0.05) is 24.0 Å². The van der Waals surface area contributed by atoms with Gasteiger partial charge in [0.15, 0.2) is 17.3 Å². The first-order chi connectivity index (χ1) is 18.8. The zero-order valence-corrected chi connectivity index (χ0v) is 23.0. The summed E-state index contributed by atoms with van der Waals surface area (Å²) in [4.78, 5) is 30.4. The molecule has 0 unspecified atom stereocenters. The van der Waals surface area contributed by atoms with Crippen LogP contribution in [0.4, 0.5) is 0 Å². The summed E-state index contributed by atoms with van der Waals surface area (Å²) in [6.45, 7) is 7.22. The summed E-state index contributed by atoms with van der Waals surface area (Å²) >= 11 is 0. The Morgan fingerprint density at radius 3 is 2.54 bits per heavy atom. The Balaban J connectivity index is 1.63. The van der Waals surface area contributed by atoms with Crippen molar-refractivity contribution in [3.05, 3.63) is 74.8 Å². The van der Waals surface area contributed by atoms with E-state index in [1.54, 1.807) is 21.1 Å². The van der Waals surface area contributed by atoms with Crippen LogP contribution in [0.25, 0.3) is 10.9 Å². The number of aryl methyl sites for hydroxylation is 2. The quantitative estimate of drug-likeness (QED) is 0.273. The molecule has 0 amide bonds. The first-order valence-electron chi connectivity index (χ1n) is 12.8. The van der Waals surface area contributed by atoms with Crippen molar-refractivity contribution in [3.8, 4) is 11.5 Å². The predicted octanol–water partition coefficient (Wildman–Crippen LogP) is 2.96. The van der Waals surface area contributed by atoms with E-state index >= 15 is 0 Å². The molecule has 0 aliphatic carbocycles. The average molecular weight is 535 g/mol. The number of methoxy groups -OCH3 is 2. The number of benzene rings is 2. The lowest BCUT2D eigenvalue weighted by Gasteiger charge is -2.22. The molecule has 0 saturated heterocycles. The van der Waals surface area contributed by atoms with E-state index in [0.29, 0.717) is 48.9 Å². The van der Waals surface area contributed by atoms with Crippen LogP contribution in [0.3, 0.4) is 0 Å². The van der Waals surface area contributed by atoms with Crippen molar-refractivity contribution in [3.63, 3.8) is 0 Å². The van der Waals surface area contributed by atoms with Crippen LogP contribution in [0.1, 0.15) is 35.0 Å². The average Bonchev–Trinajstić information content (AvgIpc) is 3.36. The van der Waals surface area contributed by atoms with Crippen molar-refractivity contribution in [2.24, 2.45) is 0 Å². The van der Waals surface area contributed by atoms with E-state index in [9.17, 15) is 9.59 Å². The Hall–Kier alpha value is -4.25. The summed E-state index contributed by atoms with van der Waals surface area (Å²) < 4.78 is 17.3. The summed E-state index contributed by atoms with van der Waals surface area (Å²) in [5.74, 6) is 1.39. The number of aromatic nitrogens is 5. The van der Waals surface area contributed by atoms with E-state index in [1.165, 1.54) is 4.68 Å². The third kappa shape index (κ3) is 6.61. The number of nitrogens with zero attached hydrogens (tertiary/aromatic N) is 5. The van der Waals surface area contributed by atoms with Gasteiger partial charge in [-0.05, 0) is 72.5 Å². The highest BCUT2D eigenvalue weighted by atomic mass is 16.5. The van der Waals surface area contributed by atoms with Crippen molar-refractivity contribution in [2.75, 3.05) is 27.4 Å². The minimum atomic E-state index is -0.417. The molecule has 4 rings (SSSR count). The van der Waals surface area contributed by atoms with Crippen LogP contribution in [0.15, 0.2) is 41.2 Å². The largest absolute Gasteiger partial charge is 0.493 e. The van der Waals surface area contributed by atoms with E-state index in [-0.39, 0.29) is 18.7 Å². The number of hydrogen-bond acceptors (Lipinski definition) is 9. The SMILES string of the molecule is CCOC(=O)Cn1nnnc1CN(CCc1ccc(OC)c(OC)c1)Cc1cc2c(C)ccc(C)c2[nH]c1=O. The maximum atomic E-state index is 13.1. The second kappa shape index (κ2) is 12.5. The number of pyridine rings is 1. The van der Waals surface area contributed by atoms with Gasteiger partial charge in [0.2, 0.25) is 0 Å². The standard InChI is InChI=1S/C28H34N6O5/c1-6-39-26(35)17-34-25(30-31-32-34)16-33(12-11-20-9-10-23(37-4)24(13-20)38-5)15-21-14-22-18(2)7-8-19(3)27(22)29-28(21)36/h7-10,13-14H,6,11-12,15-17H2,1-5H3,(H,29,36). The van der Waals surface area contributed by atoms with Gasteiger partial charge in [-0.2, -0.15) is 0 Å². The minimum absolute atomic E-state index is 0.0886. The fourth-order valence-corrected chi connectivity index (χ4v) is 4.50. The smallest absolute Gasteiger partial charge is 0.327 e. The molecule has 0 bridgehead atoms. The van der Waals surface area contributed by atoms with Crippen LogP contribution in [0.2, 0.25) is 0 Å². The number of carbonyl (C=O) groups is 1. The number of ether oxygens (including phenoxy) is 3. The van der Waals surface area contributed by atoms with Gasteiger partial charge in [0.05, 0.1) is 32.9 Å². The second-order valence-corrected chi connectivity index (χ2v) is 9.32. The third-order valence-corrected chi connectivity index (χ3v) is 6.63. The lowest BCUT2D eigenvalue weighted by atomic mass is 10.0. The molecule has 2 aromatic heterocycles. The van der Waals surface area contributed by atoms with Crippen LogP contribution in [0.5, 0.6) is 11.5 Å². The van der Waals surface area contributed by atoms with Crippen LogP contribution < -0.4 is 15.0 Å². The van der Waals surface area contributed by atoms with E-state index in [4.69, 9.17) is 14.2 Å². The molecule has 0 spiro atoms. The Labute approximate surface area is 226 Å². The molecule has 1 N–H and O–H groups in total. The summed E-state index contributed by atoms with van der Waals surface area (Å²) in [5.41, 5.74) is 4.49. The highest BCUT2D eigenvalue weighted by molar-refractivity contribution is 5.85. The Morgan fingerprint density at radius 1 is 1.03 bits per heavy atom. The van der Waals surface area contributed by atoms with Gasteiger partial charge in [-0.25, -0.2) is 4.68 Å². The van der Waals surface area contributed by atoms with Gasteiger partial charge in [-0.15, -0.1) is 5.10 Å². The molecule has 0 atom stereocenters. The van der Waals surface area contributed by atoms with E-state index < -0.39 is 5.97 Å². The molecule has 11 heteroatoms. The lowest BCUT2D eigenvalue weighted by Crippen LogP contribution is -2.30. The van der Waals surface area contributed by atoms with Crippen LogP contribution in [-0.2, 0) is 35.6 Å². The Kier molecular flexibility index (Phi) is 8.92. The maximum absolute atomic E-state index is 13.1. The number of H-pyrrole nitrogens is 1. The number of esters is 1. The topological polar surface area (TPSA) is 124 Å². The third-order valence-electron chi connectivity index (χ3n) is 6.63. The highest BCUT2D eigenvalue weighted by Crippen LogP contribution is 2.28. The van der Waals surface area contributed by atoms with Gasteiger partial charge >= 0.3 is 5.97 Å². The maximum Gasteiger partial charge on any atom is 0.327 e.